The Labute approximate surface area is 199 Å². The number of nitrogens with zero attached hydrogens (tertiary/aromatic N) is 4. The minimum absolute atomic E-state index is 0.0878. The van der Waals surface area contributed by atoms with Crippen LogP contribution in [0.3, 0.4) is 0 Å². The lowest BCUT2D eigenvalue weighted by Crippen LogP contribution is -2.39. The molecule has 0 saturated carbocycles. The lowest BCUT2D eigenvalue weighted by molar-refractivity contribution is 0.0987. The minimum Gasteiger partial charge on any atom is -0.378 e. The molecule has 0 N–H and O–H groups in total. The summed E-state index contributed by atoms with van der Waals surface area (Å²) < 4.78 is 32.3. The first kappa shape index (κ1) is 23.9. The lowest BCUT2D eigenvalue weighted by atomic mass is 10.0. The topological polar surface area (TPSA) is 83.1 Å². The predicted octanol–water partition coefficient (Wildman–Crippen LogP) is 2.94. The molecule has 1 aliphatic heterocycles. The molecule has 1 aliphatic carbocycles. The fraction of sp³-hybridized carbons (Fsp3) is 0.478. The monoisotopic (exact) mass is 490 g/mol. The number of aryl methyl sites for hydroxylation is 2. The van der Waals surface area contributed by atoms with Crippen molar-refractivity contribution in [3.05, 3.63) is 47.0 Å². The number of fused-ring (bicyclic) bond motifs is 1. The van der Waals surface area contributed by atoms with Gasteiger partial charge in [-0.25, -0.2) is 17.7 Å². The first-order chi connectivity index (χ1) is 15.8. The summed E-state index contributed by atoms with van der Waals surface area (Å²) in [4.78, 5) is 23.7. The quantitative estimate of drug-likeness (QED) is 0.555. The minimum atomic E-state index is -3.70. The number of ether oxygens (including phenoxy) is 1. The third kappa shape index (κ3) is 4.84. The smallest absolute Gasteiger partial charge is 0.262 e. The van der Waals surface area contributed by atoms with Gasteiger partial charge < -0.3 is 9.64 Å². The van der Waals surface area contributed by atoms with Gasteiger partial charge in [-0.1, -0.05) is 6.08 Å². The summed E-state index contributed by atoms with van der Waals surface area (Å²) >= 11 is 1.55. The van der Waals surface area contributed by atoms with Crippen molar-refractivity contribution >= 4 is 38.1 Å². The van der Waals surface area contributed by atoms with Crippen molar-refractivity contribution in [2.45, 2.75) is 30.6 Å². The summed E-state index contributed by atoms with van der Waals surface area (Å²) in [5.74, 6) is -0.279. The Morgan fingerprint density at radius 3 is 2.64 bits per heavy atom. The highest BCUT2D eigenvalue weighted by atomic mass is 32.2. The van der Waals surface area contributed by atoms with Gasteiger partial charge in [0.1, 0.15) is 0 Å². The van der Waals surface area contributed by atoms with Crippen molar-refractivity contribution < 1.29 is 17.9 Å². The Balaban J connectivity index is 1.79. The lowest BCUT2D eigenvalue weighted by Gasteiger charge is -2.31. The fourth-order valence-electron chi connectivity index (χ4n) is 4.11. The number of anilines is 2. The zero-order valence-corrected chi connectivity index (χ0v) is 20.8. The summed E-state index contributed by atoms with van der Waals surface area (Å²) in [6, 6.07) is 4.79. The van der Waals surface area contributed by atoms with E-state index in [0.717, 1.165) is 35.7 Å². The van der Waals surface area contributed by atoms with Gasteiger partial charge in [-0.2, -0.15) is 0 Å². The average Bonchev–Trinajstić information content (AvgIpc) is 3.26. The summed E-state index contributed by atoms with van der Waals surface area (Å²) in [5.41, 5.74) is 2.12. The van der Waals surface area contributed by atoms with Gasteiger partial charge in [0.05, 0.1) is 29.4 Å². The molecule has 2 heterocycles. The van der Waals surface area contributed by atoms with Gasteiger partial charge in [0, 0.05) is 44.3 Å². The average molecular weight is 491 g/mol. The molecule has 0 spiro atoms. The van der Waals surface area contributed by atoms with Gasteiger partial charge in [-0.15, -0.1) is 17.9 Å². The summed E-state index contributed by atoms with van der Waals surface area (Å²) in [7, 11) is -0.733. The van der Waals surface area contributed by atoms with Gasteiger partial charge in [-0.05, 0) is 43.9 Å². The molecule has 33 heavy (non-hydrogen) atoms. The highest BCUT2D eigenvalue weighted by Crippen LogP contribution is 2.34. The van der Waals surface area contributed by atoms with Crippen LogP contribution in [0.2, 0.25) is 0 Å². The van der Waals surface area contributed by atoms with Crippen LogP contribution in [-0.4, -0.2) is 70.6 Å². The van der Waals surface area contributed by atoms with Gasteiger partial charge in [0.25, 0.3) is 5.91 Å². The Morgan fingerprint density at radius 1 is 1.24 bits per heavy atom. The van der Waals surface area contributed by atoms with E-state index < -0.39 is 10.0 Å². The Bertz CT molecular complexity index is 1110. The molecular formula is C23H30N4O4S2. The van der Waals surface area contributed by atoms with E-state index in [9.17, 15) is 13.2 Å². The van der Waals surface area contributed by atoms with E-state index in [1.54, 1.807) is 34.4 Å². The molecule has 178 valence electrons. The van der Waals surface area contributed by atoms with Crippen LogP contribution in [0.25, 0.3) is 0 Å². The van der Waals surface area contributed by atoms with E-state index in [4.69, 9.17) is 9.72 Å². The van der Waals surface area contributed by atoms with Crippen LogP contribution in [-0.2, 0) is 27.6 Å². The van der Waals surface area contributed by atoms with E-state index in [1.165, 1.54) is 25.0 Å². The maximum Gasteiger partial charge on any atom is 0.262 e. The van der Waals surface area contributed by atoms with Crippen LogP contribution in [0, 0.1) is 0 Å². The number of sulfonamides is 1. The Kier molecular flexibility index (Phi) is 7.18. The van der Waals surface area contributed by atoms with Crippen LogP contribution in [0.4, 0.5) is 10.8 Å². The molecule has 0 bridgehead atoms. The first-order valence-electron chi connectivity index (χ1n) is 11.1. The van der Waals surface area contributed by atoms with Gasteiger partial charge in [-0.3, -0.25) is 9.69 Å². The second kappa shape index (κ2) is 9.92. The molecule has 1 fully saturated rings. The number of benzene rings is 1. The molecule has 0 unspecified atom stereocenters. The number of amides is 1. The maximum atomic E-state index is 13.9. The second-order valence-corrected chi connectivity index (χ2v) is 11.6. The fourth-order valence-corrected chi connectivity index (χ4v) is 6.20. The number of hydrogen-bond donors (Lipinski definition) is 0. The molecule has 0 atom stereocenters. The zero-order valence-electron chi connectivity index (χ0n) is 19.1. The number of morpholine rings is 1. The third-order valence-electron chi connectivity index (χ3n) is 5.95. The van der Waals surface area contributed by atoms with Crippen molar-refractivity contribution in [2.75, 3.05) is 56.7 Å². The van der Waals surface area contributed by atoms with Crippen LogP contribution in [0.15, 0.2) is 35.7 Å². The van der Waals surface area contributed by atoms with E-state index in [1.807, 2.05) is 0 Å². The molecular weight excluding hydrogens is 460 g/mol. The third-order valence-corrected chi connectivity index (χ3v) is 8.94. The van der Waals surface area contributed by atoms with Crippen LogP contribution in [0.1, 0.15) is 33.8 Å². The van der Waals surface area contributed by atoms with E-state index in [0.29, 0.717) is 49.2 Å². The molecule has 1 aromatic carbocycles. The standard InChI is InChI=1S/C23H30N4O4S2/c1-4-11-27(23-24-19-7-5-6-8-21(19)32-23)22(28)18-16-17(33(29,30)25(2)3)9-10-20(18)26-12-14-31-15-13-26/h4,9-10,16H,1,5-8,11-15H2,2-3H3. The largest absolute Gasteiger partial charge is 0.378 e. The number of hydrogen-bond acceptors (Lipinski definition) is 7. The predicted molar refractivity (Wildman–Crippen MR) is 131 cm³/mol. The molecule has 2 aromatic rings. The van der Waals surface area contributed by atoms with E-state index in [-0.39, 0.29) is 10.8 Å². The first-order valence-corrected chi connectivity index (χ1v) is 13.4. The van der Waals surface area contributed by atoms with Crippen molar-refractivity contribution in [1.82, 2.24) is 9.29 Å². The molecule has 10 heteroatoms. The van der Waals surface area contributed by atoms with Crippen LogP contribution < -0.4 is 9.80 Å². The number of carbonyl (C=O) groups is 1. The van der Waals surface area contributed by atoms with Crippen molar-refractivity contribution in [2.24, 2.45) is 0 Å². The van der Waals surface area contributed by atoms with Crippen LogP contribution in [0.5, 0.6) is 0 Å². The van der Waals surface area contributed by atoms with Crippen molar-refractivity contribution in [1.29, 1.82) is 0 Å². The normalized spacial score (nSPS) is 16.5. The summed E-state index contributed by atoms with van der Waals surface area (Å²) in [6.45, 7) is 6.50. The molecule has 1 saturated heterocycles. The molecule has 1 aromatic heterocycles. The number of rotatable bonds is 7. The molecule has 8 nitrogen and oxygen atoms in total. The molecule has 0 radical (unpaired) electrons. The Morgan fingerprint density at radius 2 is 1.97 bits per heavy atom. The molecule has 4 rings (SSSR count). The number of carbonyl (C=O) groups excluding carboxylic acids is 1. The van der Waals surface area contributed by atoms with Crippen molar-refractivity contribution in [3.63, 3.8) is 0 Å². The SMILES string of the molecule is C=CCN(C(=O)c1cc(S(=O)(=O)N(C)C)ccc1N1CCOCC1)c1nc2c(s1)CCCC2. The van der Waals surface area contributed by atoms with Crippen molar-refractivity contribution in [3.8, 4) is 0 Å². The molecule has 2 aliphatic rings. The highest BCUT2D eigenvalue weighted by molar-refractivity contribution is 7.89. The summed E-state index contributed by atoms with van der Waals surface area (Å²) in [6.07, 6.45) is 5.83. The van der Waals surface area contributed by atoms with Crippen LogP contribution >= 0.6 is 11.3 Å². The highest BCUT2D eigenvalue weighted by Gasteiger charge is 2.29. The molecule has 1 amide bonds. The van der Waals surface area contributed by atoms with E-state index >= 15 is 0 Å². The van der Waals surface area contributed by atoms with Gasteiger partial charge in [0.2, 0.25) is 10.0 Å². The zero-order chi connectivity index (χ0) is 23.6. The number of aromatic nitrogens is 1. The van der Waals surface area contributed by atoms with E-state index in [2.05, 4.69) is 11.5 Å². The van der Waals surface area contributed by atoms with Gasteiger partial charge >= 0.3 is 0 Å². The maximum absolute atomic E-state index is 13.9. The summed E-state index contributed by atoms with van der Waals surface area (Å²) in [5, 5.41) is 0.639. The van der Waals surface area contributed by atoms with Gasteiger partial charge in [0.15, 0.2) is 5.13 Å². The second-order valence-electron chi connectivity index (χ2n) is 8.34. The Hall–Kier alpha value is -2.27. The number of thiazole rings is 1.